The van der Waals surface area contributed by atoms with Gasteiger partial charge in [0.05, 0.1) is 6.61 Å². The Morgan fingerprint density at radius 3 is 1.41 bits per heavy atom. The van der Waals surface area contributed by atoms with Crippen LogP contribution in [0.2, 0.25) is 0 Å². The molecule has 0 amide bonds. The minimum absolute atomic E-state index is 0.142. The van der Waals surface area contributed by atoms with E-state index >= 15 is 0 Å². The van der Waals surface area contributed by atoms with Gasteiger partial charge in [-0.05, 0) is 12.8 Å². The maximum atomic E-state index is 8.58. The summed E-state index contributed by atoms with van der Waals surface area (Å²) in [6, 6.07) is 0. The van der Waals surface area contributed by atoms with Crippen LogP contribution in [0.15, 0.2) is 24.3 Å². The molecule has 22 heavy (non-hydrogen) atoms. The normalized spacial score (nSPS) is 11.9. The first kappa shape index (κ1) is 21.4. The highest BCUT2D eigenvalue weighted by molar-refractivity contribution is 5.02. The van der Waals surface area contributed by atoms with Crippen LogP contribution < -0.4 is 0 Å². The van der Waals surface area contributed by atoms with Gasteiger partial charge in [-0.3, -0.25) is 0 Å². The van der Waals surface area contributed by atoms with E-state index in [2.05, 4.69) is 13.0 Å². The largest absolute Gasteiger partial charge is 0.392 e. The lowest BCUT2D eigenvalue weighted by Gasteiger charge is -2.02. The molecule has 0 fully saturated rings. The van der Waals surface area contributed by atoms with Crippen LogP contribution in [0.5, 0.6) is 0 Å². The van der Waals surface area contributed by atoms with Crippen LogP contribution in [0.25, 0.3) is 0 Å². The predicted octanol–water partition coefficient (Wildman–Crippen LogP) is 6.96. The van der Waals surface area contributed by atoms with Crippen molar-refractivity contribution in [2.75, 3.05) is 6.61 Å². The molecule has 0 aliphatic rings. The second kappa shape index (κ2) is 20.4. The van der Waals surface area contributed by atoms with E-state index in [4.69, 9.17) is 5.11 Å². The van der Waals surface area contributed by atoms with Crippen molar-refractivity contribution in [3.8, 4) is 0 Å². The molecular weight excluding hydrogens is 268 g/mol. The monoisotopic (exact) mass is 308 g/mol. The summed E-state index contributed by atoms with van der Waals surface area (Å²) in [6.07, 6.45) is 29.0. The highest BCUT2D eigenvalue weighted by atomic mass is 16.2. The van der Waals surface area contributed by atoms with Crippen molar-refractivity contribution in [1.29, 1.82) is 0 Å². The van der Waals surface area contributed by atoms with Crippen LogP contribution in [0.3, 0.4) is 0 Å². The first-order valence-corrected chi connectivity index (χ1v) is 9.84. The van der Waals surface area contributed by atoms with Gasteiger partial charge in [0.1, 0.15) is 0 Å². The predicted molar refractivity (Wildman–Crippen MR) is 100 cm³/mol. The van der Waals surface area contributed by atoms with Crippen LogP contribution in [-0.4, -0.2) is 11.7 Å². The van der Waals surface area contributed by atoms with E-state index in [1.165, 1.54) is 96.3 Å². The molecule has 0 atom stereocenters. The number of rotatable bonds is 17. The lowest BCUT2D eigenvalue weighted by atomic mass is 10.0. The Bertz CT molecular complexity index is 242. The maximum absolute atomic E-state index is 8.58. The van der Waals surface area contributed by atoms with Crippen molar-refractivity contribution in [2.45, 2.75) is 103 Å². The lowest BCUT2D eigenvalue weighted by molar-refractivity contribution is 0.343. The summed E-state index contributed by atoms with van der Waals surface area (Å²) in [5, 5.41) is 8.58. The molecule has 0 rings (SSSR count). The Kier molecular flexibility index (Phi) is 19.9. The van der Waals surface area contributed by atoms with Crippen LogP contribution >= 0.6 is 0 Å². The van der Waals surface area contributed by atoms with Crippen molar-refractivity contribution in [3.05, 3.63) is 24.3 Å². The van der Waals surface area contributed by atoms with E-state index in [-0.39, 0.29) is 6.61 Å². The molecule has 0 bridgehead atoms. The molecule has 0 saturated heterocycles. The quantitative estimate of drug-likeness (QED) is 0.227. The van der Waals surface area contributed by atoms with Gasteiger partial charge < -0.3 is 5.11 Å². The minimum Gasteiger partial charge on any atom is -0.392 e. The van der Waals surface area contributed by atoms with Gasteiger partial charge in [0.2, 0.25) is 0 Å². The fourth-order valence-electron chi connectivity index (χ4n) is 2.77. The third-order valence-corrected chi connectivity index (χ3v) is 4.21. The molecule has 0 aromatic heterocycles. The highest BCUT2D eigenvalue weighted by Crippen LogP contribution is 2.13. The second-order valence-corrected chi connectivity index (χ2v) is 6.42. The van der Waals surface area contributed by atoms with Crippen LogP contribution in [-0.2, 0) is 0 Å². The smallest absolute Gasteiger partial charge is 0.0615 e. The molecule has 0 unspecified atom stereocenters. The molecule has 0 aromatic carbocycles. The van der Waals surface area contributed by atoms with Crippen LogP contribution in [0.1, 0.15) is 103 Å². The fraction of sp³-hybridized carbons (Fsp3) is 0.810. The zero-order valence-electron chi connectivity index (χ0n) is 15.1. The summed E-state index contributed by atoms with van der Waals surface area (Å²) < 4.78 is 0. The molecule has 130 valence electrons. The topological polar surface area (TPSA) is 20.2 Å². The zero-order valence-corrected chi connectivity index (χ0v) is 15.1. The van der Waals surface area contributed by atoms with Gasteiger partial charge in [0, 0.05) is 0 Å². The van der Waals surface area contributed by atoms with Gasteiger partial charge >= 0.3 is 0 Å². The van der Waals surface area contributed by atoms with Gasteiger partial charge in [-0.25, -0.2) is 0 Å². The summed E-state index contributed by atoms with van der Waals surface area (Å²) in [4.78, 5) is 0. The van der Waals surface area contributed by atoms with Crippen molar-refractivity contribution in [3.63, 3.8) is 0 Å². The molecule has 0 radical (unpaired) electrons. The molecule has 1 heteroatoms. The molecular formula is C21H40O. The van der Waals surface area contributed by atoms with Crippen molar-refractivity contribution in [1.82, 2.24) is 0 Å². The van der Waals surface area contributed by atoms with Gasteiger partial charge in [-0.2, -0.15) is 0 Å². The van der Waals surface area contributed by atoms with E-state index in [1.807, 2.05) is 12.2 Å². The van der Waals surface area contributed by atoms with Gasteiger partial charge in [-0.15, -0.1) is 0 Å². The molecule has 0 aliphatic carbocycles. The fourth-order valence-corrected chi connectivity index (χ4v) is 2.77. The molecule has 0 aromatic rings. The van der Waals surface area contributed by atoms with E-state index < -0.39 is 0 Å². The summed E-state index contributed by atoms with van der Waals surface area (Å²) in [5.74, 6) is 0. The summed E-state index contributed by atoms with van der Waals surface area (Å²) >= 11 is 0. The molecule has 1 nitrogen and oxygen atoms in total. The average Bonchev–Trinajstić information content (AvgIpc) is 2.54. The molecule has 0 spiro atoms. The number of unbranched alkanes of at least 4 members (excludes halogenated alkanes) is 14. The number of hydrogen-bond acceptors (Lipinski definition) is 1. The van der Waals surface area contributed by atoms with E-state index in [9.17, 15) is 0 Å². The van der Waals surface area contributed by atoms with Gasteiger partial charge in [0.25, 0.3) is 0 Å². The molecule has 0 heterocycles. The molecule has 1 N–H and O–H groups in total. The van der Waals surface area contributed by atoms with E-state index in [0.29, 0.717) is 0 Å². The van der Waals surface area contributed by atoms with Crippen molar-refractivity contribution < 1.29 is 5.11 Å². The number of hydrogen-bond donors (Lipinski definition) is 1. The number of aliphatic hydroxyl groups is 1. The van der Waals surface area contributed by atoms with Gasteiger partial charge in [0.15, 0.2) is 0 Å². The summed E-state index contributed by atoms with van der Waals surface area (Å²) in [5.41, 5.74) is 0. The first-order chi connectivity index (χ1) is 10.9. The van der Waals surface area contributed by atoms with Crippen molar-refractivity contribution >= 4 is 0 Å². The number of aliphatic hydroxyl groups excluding tert-OH is 1. The summed E-state index contributed by atoms with van der Waals surface area (Å²) in [7, 11) is 0. The number of allylic oxidation sites excluding steroid dienone is 3. The van der Waals surface area contributed by atoms with Gasteiger partial charge in [-0.1, -0.05) is 115 Å². The van der Waals surface area contributed by atoms with E-state index in [1.54, 1.807) is 6.08 Å². The lowest BCUT2D eigenvalue weighted by Crippen LogP contribution is -1.83. The second-order valence-electron chi connectivity index (χ2n) is 6.42. The zero-order chi connectivity index (χ0) is 16.1. The van der Waals surface area contributed by atoms with Crippen LogP contribution in [0, 0.1) is 0 Å². The molecule has 0 saturated carbocycles. The minimum atomic E-state index is 0.142. The SMILES string of the molecule is CCCCCCCCCCCCCCCC/C=C/C=C/CO. The Hall–Kier alpha value is -0.560. The van der Waals surface area contributed by atoms with Crippen LogP contribution in [0.4, 0.5) is 0 Å². The third kappa shape index (κ3) is 19.4. The Labute approximate surface area is 139 Å². The molecule has 0 aliphatic heterocycles. The standard InChI is InChI=1S/C21H40O/c1-2-3-4-5-6-7-8-9-10-11-12-13-14-15-16-17-18-19-20-21-22/h17-20,22H,2-16,21H2,1H3/b18-17+,20-19+. The Morgan fingerprint density at radius 1 is 0.545 bits per heavy atom. The van der Waals surface area contributed by atoms with E-state index in [0.717, 1.165) is 0 Å². The Balaban J connectivity index is 3.02. The highest BCUT2D eigenvalue weighted by Gasteiger charge is 1.93. The maximum Gasteiger partial charge on any atom is 0.0615 e. The Morgan fingerprint density at radius 2 is 0.955 bits per heavy atom. The first-order valence-electron chi connectivity index (χ1n) is 9.84. The summed E-state index contributed by atoms with van der Waals surface area (Å²) in [6.45, 7) is 2.43. The van der Waals surface area contributed by atoms with Crippen molar-refractivity contribution in [2.24, 2.45) is 0 Å². The average molecular weight is 309 g/mol. The third-order valence-electron chi connectivity index (χ3n) is 4.21.